The molecule has 2 aromatic rings. The van der Waals surface area contributed by atoms with Crippen LogP contribution in [0.25, 0.3) is 0 Å². The standard InChI is InChI=1S/C20H24Cl2N2/c21-19-7-3-1-5-17(19)14-23-13-16-9-11-24(12-10-16)15-18-6-2-4-8-20(18)22/h1-8,16,23H,9-15H2. The molecule has 0 aromatic heterocycles. The highest BCUT2D eigenvalue weighted by molar-refractivity contribution is 6.31. The number of halogens is 2. The predicted octanol–water partition coefficient (Wildman–Crippen LogP) is 5.00. The fraction of sp³-hybridized carbons (Fsp3) is 0.400. The molecule has 4 heteroatoms. The van der Waals surface area contributed by atoms with Crippen LogP contribution in [0.1, 0.15) is 24.0 Å². The maximum Gasteiger partial charge on any atom is 0.0451 e. The Bertz CT molecular complexity index is 652. The highest BCUT2D eigenvalue weighted by atomic mass is 35.5. The Morgan fingerprint density at radius 1 is 0.875 bits per heavy atom. The van der Waals surface area contributed by atoms with Crippen LogP contribution in [-0.2, 0) is 13.1 Å². The van der Waals surface area contributed by atoms with Gasteiger partial charge in [0, 0.05) is 23.1 Å². The van der Waals surface area contributed by atoms with E-state index in [1.807, 2.05) is 30.3 Å². The second kappa shape index (κ2) is 8.87. The number of piperidine rings is 1. The second-order valence-electron chi connectivity index (χ2n) is 6.53. The van der Waals surface area contributed by atoms with Gasteiger partial charge in [0.2, 0.25) is 0 Å². The summed E-state index contributed by atoms with van der Waals surface area (Å²) in [4.78, 5) is 2.51. The zero-order valence-electron chi connectivity index (χ0n) is 13.8. The molecule has 1 N–H and O–H groups in total. The lowest BCUT2D eigenvalue weighted by molar-refractivity contribution is 0.175. The van der Waals surface area contributed by atoms with Gasteiger partial charge in [-0.2, -0.15) is 0 Å². The van der Waals surface area contributed by atoms with Gasteiger partial charge in [0.15, 0.2) is 0 Å². The van der Waals surface area contributed by atoms with Gasteiger partial charge < -0.3 is 5.32 Å². The molecule has 0 spiro atoms. The van der Waals surface area contributed by atoms with E-state index in [1.54, 1.807) is 0 Å². The molecule has 24 heavy (non-hydrogen) atoms. The van der Waals surface area contributed by atoms with Gasteiger partial charge in [0.25, 0.3) is 0 Å². The minimum atomic E-state index is 0.745. The van der Waals surface area contributed by atoms with Crippen LogP contribution in [0.3, 0.4) is 0 Å². The highest BCUT2D eigenvalue weighted by Gasteiger charge is 2.19. The Morgan fingerprint density at radius 3 is 2.08 bits per heavy atom. The molecular formula is C20H24Cl2N2. The third-order valence-corrected chi connectivity index (χ3v) is 5.50. The van der Waals surface area contributed by atoms with Crippen molar-refractivity contribution in [3.05, 3.63) is 69.7 Å². The topological polar surface area (TPSA) is 15.3 Å². The fourth-order valence-electron chi connectivity index (χ4n) is 3.27. The third-order valence-electron chi connectivity index (χ3n) is 4.77. The average Bonchev–Trinajstić information content (AvgIpc) is 2.60. The summed E-state index contributed by atoms with van der Waals surface area (Å²) in [5.41, 5.74) is 2.41. The summed E-state index contributed by atoms with van der Waals surface area (Å²) < 4.78 is 0. The minimum absolute atomic E-state index is 0.745. The quantitative estimate of drug-likeness (QED) is 0.777. The molecule has 1 aliphatic heterocycles. The van der Waals surface area contributed by atoms with Gasteiger partial charge in [0.1, 0.15) is 0 Å². The molecule has 128 valence electrons. The Balaban J connectivity index is 1.39. The van der Waals surface area contributed by atoms with Crippen molar-refractivity contribution < 1.29 is 0 Å². The lowest BCUT2D eigenvalue weighted by Gasteiger charge is -2.32. The van der Waals surface area contributed by atoms with E-state index in [0.717, 1.165) is 48.7 Å². The fourth-order valence-corrected chi connectivity index (χ4v) is 3.67. The molecule has 0 atom stereocenters. The Kier molecular flexibility index (Phi) is 6.56. The van der Waals surface area contributed by atoms with Crippen LogP contribution in [0.2, 0.25) is 10.0 Å². The van der Waals surface area contributed by atoms with Crippen molar-refractivity contribution >= 4 is 23.2 Å². The maximum absolute atomic E-state index is 6.26. The summed E-state index contributed by atoms with van der Waals surface area (Å²) in [6.07, 6.45) is 2.47. The van der Waals surface area contributed by atoms with Crippen LogP contribution in [0.5, 0.6) is 0 Å². The number of hydrogen-bond acceptors (Lipinski definition) is 2. The van der Waals surface area contributed by atoms with Gasteiger partial charge >= 0.3 is 0 Å². The van der Waals surface area contributed by atoms with Crippen molar-refractivity contribution in [1.82, 2.24) is 10.2 Å². The van der Waals surface area contributed by atoms with Crippen molar-refractivity contribution in [1.29, 1.82) is 0 Å². The number of nitrogens with one attached hydrogen (secondary N) is 1. The van der Waals surface area contributed by atoms with Crippen LogP contribution in [0.15, 0.2) is 48.5 Å². The molecule has 2 nitrogen and oxygen atoms in total. The molecule has 2 aromatic carbocycles. The summed E-state index contributed by atoms with van der Waals surface area (Å²) >= 11 is 12.5. The number of hydrogen-bond donors (Lipinski definition) is 1. The summed E-state index contributed by atoms with van der Waals surface area (Å²) in [5.74, 6) is 0.745. The first-order valence-electron chi connectivity index (χ1n) is 8.62. The Labute approximate surface area is 154 Å². The van der Waals surface area contributed by atoms with Crippen molar-refractivity contribution in [3.8, 4) is 0 Å². The lowest BCUT2D eigenvalue weighted by Crippen LogP contribution is -2.36. The molecule has 1 heterocycles. The van der Waals surface area contributed by atoms with Crippen molar-refractivity contribution in [2.24, 2.45) is 5.92 Å². The minimum Gasteiger partial charge on any atom is -0.312 e. The molecule has 1 aliphatic rings. The van der Waals surface area contributed by atoms with Gasteiger partial charge in [-0.3, -0.25) is 4.90 Å². The third kappa shape index (κ3) is 4.97. The van der Waals surface area contributed by atoms with Crippen LogP contribution in [0, 0.1) is 5.92 Å². The van der Waals surface area contributed by atoms with Crippen LogP contribution >= 0.6 is 23.2 Å². The van der Waals surface area contributed by atoms with Gasteiger partial charge in [-0.05, 0) is 61.7 Å². The van der Waals surface area contributed by atoms with E-state index < -0.39 is 0 Å². The van der Waals surface area contributed by atoms with Crippen LogP contribution in [-0.4, -0.2) is 24.5 Å². The van der Waals surface area contributed by atoms with Gasteiger partial charge in [0.05, 0.1) is 0 Å². The largest absolute Gasteiger partial charge is 0.312 e. The van der Waals surface area contributed by atoms with Crippen molar-refractivity contribution in [2.45, 2.75) is 25.9 Å². The molecular weight excluding hydrogens is 339 g/mol. The summed E-state index contributed by atoms with van der Waals surface area (Å²) in [6.45, 7) is 5.15. The molecule has 0 radical (unpaired) electrons. The smallest absolute Gasteiger partial charge is 0.0451 e. The van der Waals surface area contributed by atoms with Crippen molar-refractivity contribution in [2.75, 3.05) is 19.6 Å². The molecule has 0 unspecified atom stereocenters. The number of likely N-dealkylation sites (tertiary alicyclic amines) is 1. The summed E-state index contributed by atoms with van der Waals surface area (Å²) in [6, 6.07) is 16.2. The van der Waals surface area contributed by atoms with Gasteiger partial charge in [-0.1, -0.05) is 59.6 Å². The predicted molar refractivity (Wildman–Crippen MR) is 103 cm³/mol. The number of nitrogens with zero attached hydrogens (tertiary/aromatic N) is 1. The summed E-state index contributed by atoms with van der Waals surface area (Å²) in [5, 5.41) is 5.28. The van der Waals surface area contributed by atoms with E-state index in [-0.39, 0.29) is 0 Å². The van der Waals surface area contributed by atoms with E-state index in [1.165, 1.54) is 24.0 Å². The first-order chi connectivity index (χ1) is 11.7. The molecule has 1 saturated heterocycles. The zero-order chi connectivity index (χ0) is 16.8. The van der Waals surface area contributed by atoms with E-state index >= 15 is 0 Å². The van der Waals surface area contributed by atoms with Crippen LogP contribution in [0.4, 0.5) is 0 Å². The number of rotatable bonds is 6. The Hall–Kier alpha value is -1.06. The molecule has 0 aliphatic carbocycles. The second-order valence-corrected chi connectivity index (χ2v) is 7.35. The van der Waals surface area contributed by atoms with Gasteiger partial charge in [-0.25, -0.2) is 0 Å². The Morgan fingerprint density at radius 2 is 1.46 bits per heavy atom. The van der Waals surface area contributed by atoms with Crippen LogP contribution < -0.4 is 5.32 Å². The van der Waals surface area contributed by atoms with E-state index in [2.05, 4.69) is 28.4 Å². The first-order valence-corrected chi connectivity index (χ1v) is 9.38. The molecule has 0 amide bonds. The molecule has 1 fully saturated rings. The van der Waals surface area contributed by atoms with E-state index in [0.29, 0.717) is 0 Å². The maximum atomic E-state index is 6.26. The average molecular weight is 363 g/mol. The first kappa shape index (κ1) is 17.8. The molecule has 0 bridgehead atoms. The van der Waals surface area contributed by atoms with Crippen molar-refractivity contribution in [3.63, 3.8) is 0 Å². The highest BCUT2D eigenvalue weighted by Crippen LogP contribution is 2.22. The van der Waals surface area contributed by atoms with Gasteiger partial charge in [-0.15, -0.1) is 0 Å². The SMILES string of the molecule is Clc1ccccc1CNCC1CCN(Cc2ccccc2Cl)CC1. The zero-order valence-corrected chi connectivity index (χ0v) is 15.4. The van der Waals surface area contributed by atoms with E-state index in [4.69, 9.17) is 23.2 Å². The monoisotopic (exact) mass is 362 g/mol. The molecule has 0 saturated carbocycles. The molecule has 3 rings (SSSR count). The lowest BCUT2D eigenvalue weighted by atomic mass is 9.96. The van der Waals surface area contributed by atoms with E-state index in [9.17, 15) is 0 Å². The summed E-state index contributed by atoms with van der Waals surface area (Å²) in [7, 11) is 0. The number of benzene rings is 2. The normalized spacial score (nSPS) is 16.4.